The Balaban J connectivity index is 2.02. The molecule has 2 unspecified atom stereocenters. The first-order valence-corrected chi connectivity index (χ1v) is 6.80. The molecule has 0 spiro atoms. The third-order valence-electron chi connectivity index (χ3n) is 3.96. The van der Waals surface area contributed by atoms with Crippen molar-refractivity contribution in [2.45, 2.75) is 44.6 Å². The Kier molecular flexibility index (Phi) is 4.70. The summed E-state index contributed by atoms with van der Waals surface area (Å²) in [5, 5.41) is 3.33. The Morgan fingerprint density at radius 3 is 2.72 bits per heavy atom. The number of nitrogens with one attached hydrogen (secondary N) is 1. The van der Waals surface area contributed by atoms with E-state index in [-0.39, 0.29) is 0 Å². The van der Waals surface area contributed by atoms with Crippen LogP contribution in [0.1, 0.15) is 37.7 Å². The zero-order chi connectivity index (χ0) is 13.0. The van der Waals surface area contributed by atoms with Gasteiger partial charge in [-0.05, 0) is 43.9 Å². The van der Waals surface area contributed by atoms with Gasteiger partial charge in [0.15, 0.2) is 0 Å². The first-order valence-electron chi connectivity index (χ1n) is 6.80. The molecule has 1 aromatic rings. The lowest BCUT2D eigenvalue weighted by Gasteiger charge is -2.19. The van der Waals surface area contributed by atoms with Crippen LogP contribution in [0.4, 0.5) is 8.78 Å². The van der Waals surface area contributed by atoms with Crippen LogP contribution in [0, 0.1) is 17.6 Å². The molecule has 1 aromatic carbocycles. The Morgan fingerprint density at radius 2 is 2.00 bits per heavy atom. The summed E-state index contributed by atoms with van der Waals surface area (Å²) in [6.07, 6.45) is 6.63. The summed E-state index contributed by atoms with van der Waals surface area (Å²) in [5.41, 5.74) is 0.651. The molecule has 0 aliphatic heterocycles. The highest BCUT2D eigenvalue weighted by Gasteiger charge is 2.20. The topological polar surface area (TPSA) is 12.0 Å². The van der Waals surface area contributed by atoms with Crippen molar-refractivity contribution >= 4 is 0 Å². The van der Waals surface area contributed by atoms with Crippen molar-refractivity contribution in [1.29, 1.82) is 0 Å². The predicted molar refractivity (Wildman–Crippen MR) is 69.5 cm³/mol. The number of halogens is 2. The summed E-state index contributed by atoms with van der Waals surface area (Å²) in [4.78, 5) is 0. The fraction of sp³-hybridized carbons (Fsp3) is 0.600. The van der Waals surface area contributed by atoms with Gasteiger partial charge in [0.2, 0.25) is 0 Å². The minimum atomic E-state index is -0.495. The van der Waals surface area contributed by atoms with E-state index < -0.39 is 11.6 Å². The zero-order valence-corrected chi connectivity index (χ0v) is 10.9. The molecule has 100 valence electrons. The molecule has 1 N–H and O–H groups in total. The van der Waals surface area contributed by atoms with Gasteiger partial charge in [-0.1, -0.05) is 25.3 Å². The van der Waals surface area contributed by atoms with Crippen molar-refractivity contribution in [3.05, 3.63) is 35.4 Å². The van der Waals surface area contributed by atoms with Gasteiger partial charge >= 0.3 is 0 Å². The van der Waals surface area contributed by atoms with Gasteiger partial charge < -0.3 is 5.32 Å². The van der Waals surface area contributed by atoms with Crippen molar-refractivity contribution < 1.29 is 8.78 Å². The average Bonchev–Trinajstić information content (AvgIpc) is 2.58. The van der Waals surface area contributed by atoms with Gasteiger partial charge in [-0.2, -0.15) is 0 Å². The molecule has 0 saturated heterocycles. The Bertz CT molecular complexity index is 392. The summed E-state index contributed by atoms with van der Waals surface area (Å²) < 4.78 is 26.5. The predicted octanol–water partition coefficient (Wildman–Crippen LogP) is 3.68. The van der Waals surface area contributed by atoms with E-state index in [1.54, 1.807) is 6.07 Å². The lowest BCUT2D eigenvalue weighted by atomic mass is 9.91. The van der Waals surface area contributed by atoms with Gasteiger partial charge in [0.25, 0.3) is 0 Å². The quantitative estimate of drug-likeness (QED) is 0.810. The fourth-order valence-corrected chi connectivity index (χ4v) is 2.91. The van der Waals surface area contributed by atoms with Crippen LogP contribution in [-0.2, 0) is 6.42 Å². The van der Waals surface area contributed by atoms with Gasteiger partial charge in [-0.25, -0.2) is 8.78 Å². The SMILES string of the molecule is CNC1CCCCC(Cc2ccc(F)cc2F)C1. The third kappa shape index (κ3) is 3.52. The molecule has 0 bridgehead atoms. The number of hydrogen-bond acceptors (Lipinski definition) is 1. The third-order valence-corrected chi connectivity index (χ3v) is 3.96. The minimum Gasteiger partial charge on any atom is -0.317 e. The Morgan fingerprint density at radius 1 is 1.22 bits per heavy atom. The van der Waals surface area contributed by atoms with Gasteiger partial charge in [-0.15, -0.1) is 0 Å². The van der Waals surface area contributed by atoms with Crippen LogP contribution in [0.3, 0.4) is 0 Å². The van der Waals surface area contributed by atoms with E-state index in [1.165, 1.54) is 25.3 Å². The molecule has 1 saturated carbocycles. The molecule has 0 aromatic heterocycles. The lowest BCUT2D eigenvalue weighted by molar-refractivity contribution is 0.395. The van der Waals surface area contributed by atoms with Crippen LogP contribution < -0.4 is 5.32 Å². The maximum absolute atomic E-state index is 13.6. The van der Waals surface area contributed by atoms with Crippen LogP contribution in [0.25, 0.3) is 0 Å². The lowest BCUT2D eigenvalue weighted by Crippen LogP contribution is -2.27. The first-order chi connectivity index (χ1) is 8.69. The molecule has 0 heterocycles. The smallest absolute Gasteiger partial charge is 0.129 e. The van der Waals surface area contributed by atoms with Crippen LogP contribution in [0.5, 0.6) is 0 Å². The van der Waals surface area contributed by atoms with E-state index in [1.807, 2.05) is 7.05 Å². The molecule has 1 aliphatic rings. The zero-order valence-electron chi connectivity index (χ0n) is 10.9. The number of benzene rings is 1. The van der Waals surface area contributed by atoms with Crippen LogP contribution in [0.15, 0.2) is 18.2 Å². The first kappa shape index (κ1) is 13.5. The summed E-state index contributed by atoms with van der Waals surface area (Å²) >= 11 is 0. The van der Waals surface area contributed by atoms with E-state index >= 15 is 0 Å². The molecule has 2 rings (SSSR count). The molecule has 1 fully saturated rings. The molecular weight excluding hydrogens is 232 g/mol. The van der Waals surface area contributed by atoms with Crippen molar-refractivity contribution in [1.82, 2.24) is 5.32 Å². The van der Waals surface area contributed by atoms with Gasteiger partial charge in [0, 0.05) is 12.1 Å². The normalized spacial score (nSPS) is 24.8. The Hall–Kier alpha value is -0.960. The molecular formula is C15H21F2N. The summed E-state index contributed by atoms with van der Waals surface area (Å²) in [6.45, 7) is 0. The highest BCUT2D eigenvalue weighted by Crippen LogP contribution is 2.27. The van der Waals surface area contributed by atoms with E-state index in [4.69, 9.17) is 0 Å². The molecule has 1 aliphatic carbocycles. The second-order valence-electron chi connectivity index (χ2n) is 5.31. The van der Waals surface area contributed by atoms with E-state index in [2.05, 4.69) is 5.32 Å². The monoisotopic (exact) mass is 253 g/mol. The van der Waals surface area contributed by atoms with Crippen molar-refractivity contribution in [2.24, 2.45) is 5.92 Å². The summed E-state index contributed by atoms with van der Waals surface area (Å²) in [7, 11) is 1.99. The molecule has 3 heteroatoms. The second-order valence-corrected chi connectivity index (χ2v) is 5.31. The van der Waals surface area contributed by atoms with Crippen LogP contribution >= 0.6 is 0 Å². The van der Waals surface area contributed by atoms with Crippen molar-refractivity contribution in [3.63, 3.8) is 0 Å². The minimum absolute atomic E-state index is 0.403. The standard InChI is InChI=1S/C15H21F2N/c1-18-14-5-3-2-4-11(9-14)8-12-6-7-13(16)10-15(12)17/h6-7,10-11,14,18H,2-5,8-9H2,1H3. The average molecular weight is 253 g/mol. The molecule has 0 radical (unpaired) electrons. The second kappa shape index (κ2) is 6.28. The van der Waals surface area contributed by atoms with Crippen molar-refractivity contribution in [3.8, 4) is 0 Å². The van der Waals surface area contributed by atoms with E-state index in [9.17, 15) is 8.78 Å². The fourth-order valence-electron chi connectivity index (χ4n) is 2.91. The largest absolute Gasteiger partial charge is 0.317 e. The Labute approximate surface area is 108 Å². The number of rotatable bonds is 3. The van der Waals surface area contributed by atoms with Crippen LogP contribution in [0.2, 0.25) is 0 Å². The molecule has 18 heavy (non-hydrogen) atoms. The van der Waals surface area contributed by atoms with Gasteiger partial charge in [0.1, 0.15) is 11.6 Å². The molecule has 1 nitrogen and oxygen atoms in total. The number of hydrogen-bond donors (Lipinski definition) is 1. The van der Waals surface area contributed by atoms with Crippen LogP contribution in [-0.4, -0.2) is 13.1 Å². The highest BCUT2D eigenvalue weighted by atomic mass is 19.1. The summed E-state index contributed by atoms with van der Waals surface area (Å²) in [6, 6.07) is 4.47. The maximum atomic E-state index is 13.6. The van der Waals surface area contributed by atoms with E-state index in [0.717, 1.165) is 25.3 Å². The van der Waals surface area contributed by atoms with Crippen molar-refractivity contribution in [2.75, 3.05) is 7.05 Å². The van der Waals surface area contributed by atoms with E-state index in [0.29, 0.717) is 17.5 Å². The molecule has 0 amide bonds. The van der Waals surface area contributed by atoms with Gasteiger partial charge in [-0.3, -0.25) is 0 Å². The molecule has 2 atom stereocenters. The summed E-state index contributed by atoms with van der Waals surface area (Å²) in [5.74, 6) is -0.393. The van der Waals surface area contributed by atoms with Gasteiger partial charge in [0.05, 0.1) is 0 Å². The maximum Gasteiger partial charge on any atom is 0.129 e. The highest BCUT2D eigenvalue weighted by molar-refractivity contribution is 5.19.